The van der Waals surface area contributed by atoms with E-state index in [0.29, 0.717) is 31.8 Å². The zero-order valence-corrected chi connectivity index (χ0v) is 20.7. The van der Waals surface area contributed by atoms with Crippen molar-refractivity contribution < 1.29 is 17.9 Å². The van der Waals surface area contributed by atoms with Gasteiger partial charge < -0.3 is 19.9 Å². The summed E-state index contributed by atoms with van der Waals surface area (Å²) < 4.78 is 32.5. The van der Waals surface area contributed by atoms with E-state index in [9.17, 15) is 13.2 Å². The zero-order chi connectivity index (χ0) is 23.5. The van der Waals surface area contributed by atoms with E-state index in [-0.39, 0.29) is 18.2 Å². The summed E-state index contributed by atoms with van der Waals surface area (Å²) in [4.78, 5) is 16.7. The van der Waals surface area contributed by atoms with E-state index in [1.54, 1.807) is 25.7 Å². The smallest absolute Gasteiger partial charge is 0.321 e. The predicted octanol–water partition coefficient (Wildman–Crippen LogP) is 3.26. The van der Waals surface area contributed by atoms with Crippen LogP contribution in [-0.2, 0) is 14.8 Å². The molecule has 0 radical (unpaired) electrons. The molecule has 0 saturated carbocycles. The predicted molar refractivity (Wildman–Crippen MR) is 129 cm³/mol. The first-order valence-electron chi connectivity index (χ1n) is 11.5. The highest BCUT2D eigenvalue weighted by molar-refractivity contribution is 7.90. The Hall–Kier alpha value is -1.84. The number of anilines is 2. The summed E-state index contributed by atoms with van der Waals surface area (Å²) in [7, 11) is -3.39. The molecule has 2 heterocycles. The van der Waals surface area contributed by atoms with Gasteiger partial charge in [-0.2, -0.15) is 0 Å². The molecule has 2 N–H and O–H groups in total. The van der Waals surface area contributed by atoms with Crippen LogP contribution in [0.15, 0.2) is 24.3 Å². The number of urea groups is 1. The number of nitrogens with zero attached hydrogens (tertiary/aromatic N) is 2. The largest absolute Gasteiger partial charge is 0.374 e. The van der Waals surface area contributed by atoms with Crippen LogP contribution >= 0.6 is 0 Å². The van der Waals surface area contributed by atoms with Gasteiger partial charge in [0.25, 0.3) is 0 Å². The molecule has 0 bridgehead atoms. The highest BCUT2D eigenvalue weighted by Gasteiger charge is 2.33. The summed E-state index contributed by atoms with van der Waals surface area (Å²) in [5.41, 5.74) is 1.88. The van der Waals surface area contributed by atoms with E-state index in [2.05, 4.69) is 28.8 Å². The number of carbonyl (C=O) groups is 1. The van der Waals surface area contributed by atoms with Crippen molar-refractivity contribution in [3.05, 3.63) is 24.3 Å². The minimum atomic E-state index is -3.39. The van der Waals surface area contributed by atoms with Crippen LogP contribution in [0.5, 0.6) is 0 Å². The minimum absolute atomic E-state index is 0.134. The van der Waals surface area contributed by atoms with Crippen LogP contribution in [0, 0.1) is 5.92 Å². The minimum Gasteiger partial charge on any atom is -0.374 e. The molecule has 9 heteroatoms. The third kappa shape index (κ3) is 6.14. The molecule has 32 heavy (non-hydrogen) atoms. The first-order chi connectivity index (χ1) is 15.0. The number of nitrogens with one attached hydrogen (secondary N) is 2. The summed E-state index contributed by atoms with van der Waals surface area (Å²) in [5, 5.41) is 2.96. The lowest BCUT2D eigenvalue weighted by Gasteiger charge is -2.36. The van der Waals surface area contributed by atoms with Gasteiger partial charge in [-0.1, -0.05) is 13.8 Å². The quantitative estimate of drug-likeness (QED) is 0.695. The average Bonchev–Trinajstić information content (AvgIpc) is 2.74. The van der Waals surface area contributed by atoms with Crippen molar-refractivity contribution >= 4 is 27.4 Å². The molecule has 180 valence electrons. The van der Waals surface area contributed by atoms with Crippen molar-refractivity contribution in [3.63, 3.8) is 0 Å². The number of carbonyl (C=O) groups excluding carboxylic acids is 1. The number of piperidine rings is 1. The van der Waals surface area contributed by atoms with Crippen LogP contribution in [0.4, 0.5) is 16.2 Å². The monoisotopic (exact) mass is 466 g/mol. The fourth-order valence-corrected chi connectivity index (χ4v) is 4.90. The maximum absolute atomic E-state index is 12.7. The topological polar surface area (TPSA) is 91.0 Å². The lowest BCUT2D eigenvalue weighted by molar-refractivity contribution is 0.0114. The van der Waals surface area contributed by atoms with Crippen molar-refractivity contribution in [2.24, 2.45) is 5.92 Å². The molecule has 2 aliphatic rings. The fourth-order valence-electron chi connectivity index (χ4n) is 3.87. The second-order valence-electron chi connectivity index (χ2n) is 10.1. The number of ether oxygens (including phenoxy) is 1. The number of benzene rings is 1. The Morgan fingerprint density at radius 1 is 1.09 bits per heavy atom. The lowest BCUT2D eigenvalue weighted by Crippen LogP contribution is -2.50. The van der Waals surface area contributed by atoms with E-state index < -0.39 is 14.8 Å². The molecule has 0 aromatic heterocycles. The summed E-state index contributed by atoms with van der Waals surface area (Å²) in [6, 6.07) is 7.64. The normalized spacial score (nSPS) is 21.1. The fraction of sp³-hybridized carbons (Fsp3) is 0.696. The third-order valence-electron chi connectivity index (χ3n) is 6.23. The van der Waals surface area contributed by atoms with Crippen molar-refractivity contribution in [1.29, 1.82) is 0 Å². The first kappa shape index (κ1) is 24.8. The van der Waals surface area contributed by atoms with Gasteiger partial charge in [-0.25, -0.2) is 17.9 Å². The molecular formula is C23H38N4O4S. The first-order valence-corrected chi connectivity index (χ1v) is 13.0. The molecular weight excluding hydrogens is 428 g/mol. The second-order valence-corrected chi connectivity index (χ2v) is 12.5. The molecule has 3 rings (SSSR count). The van der Waals surface area contributed by atoms with Crippen LogP contribution in [0.3, 0.4) is 0 Å². The Kier molecular flexibility index (Phi) is 7.73. The molecule has 1 aromatic carbocycles. The summed E-state index contributed by atoms with van der Waals surface area (Å²) in [5.74, 6) is 0.476. The van der Waals surface area contributed by atoms with Crippen LogP contribution < -0.4 is 14.9 Å². The van der Waals surface area contributed by atoms with E-state index in [0.717, 1.165) is 31.1 Å². The van der Waals surface area contributed by atoms with E-state index in [1.807, 2.05) is 24.3 Å². The molecule has 2 amide bonds. The van der Waals surface area contributed by atoms with Crippen molar-refractivity contribution in [2.45, 2.75) is 64.4 Å². The molecule has 1 atom stereocenters. The maximum Gasteiger partial charge on any atom is 0.321 e. The van der Waals surface area contributed by atoms with Gasteiger partial charge in [0.1, 0.15) is 0 Å². The van der Waals surface area contributed by atoms with Crippen molar-refractivity contribution in [3.8, 4) is 0 Å². The molecule has 0 unspecified atom stereocenters. The molecule has 2 saturated heterocycles. The molecule has 2 aliphatic heterocycles. The highest BCUT2D eigenvalue weighted by atomic mass is 32.2. The standard InChI is InChI=1S/C23H38N4O4S/c1-17(2)21-16-27(14-15-31-21)20-8-6-18(7-9-20)24-22(28)26-12-10-19(11-13-26)25-32(29,30)23(3,4)5/h6-9,17,19,21,25H,10-16H2,1-5H3,(H,24,28)/t21-/m0/s1. The van der Waals surface area contributed by atoms with Crippen molar-refractivity contribution in [1.82, 2.24) is 9.62 Å². The number of amides is 2. The zero-order valence-electron chi connectivity index (χ0n) is 19.9. The number of sulfonamides is 1. The molecule has 1 aromatic rings. The number of hydrogen-bond donors (Lipinski definition) is 2. The Balaban J connectivity index is 1.49. The van der Waals surface area contributed by atoms with E-state index >= 15 is 0 Å². The average molecular weight is 467 g/mol. The Morgan fingerprint density at radius 2 is 1.72 bits per heavy atom. The molecule has 2 fully saturated rings. The third-order valence-corrected chi connectivity index (χ3v) is 8.49. The van der Waals surface area contributed by atoms with Crippen LogP contribution in [-0.4, -0.2) is 69.0 Å². The number of hydrogen-bond acceptors (Lipinski definition) is 5. The van der Waals surface area contributed by atoms with Gasteiger partial charge in [0.2, 0.25) is 10.0 Å². The molecule has 0 aliphatic carbocycles. The second kappa shape index (κ2) is 9.97. The van der Waals surface area contributed by atoms with Gasteiger partial charge in [-0.15, -0.1) is 0 Å². The van der Waals surface area contributed by atoms with Gasteiger partial charge >= 0.3 is 6.03 Å². The van der Waals surface area contributed by atoms with Gasteiger partial charge in [0.15, 0.2) is 0 Å². The SMILES string of the molecule is CC(C)[C@@H]1CN(c2ccc(NC(=O)N3CCC(NS(=O)(=O)C(C)(C)C)CC3)cc2)CCO1. The van der Waals surface area contributed by atoms with E-state index in [4.69, 9.17) is 4.74 Å². The molecule has 8 nitrogen and oxygen atoms in total. The lowest BCUT2D eigenvalue weighted by atomic mass is 10.1. The highest BCUT2D eigenvalue weighted by Crippen LogP contribution is 2.23. The van der Waals surface area contributed by atoms with Gasteiger partial charge in [0, 0.05) is 43.6 Å². The van der Waals surface area contributed by atoms with E-state index in [1.165, 1.54) is 0 Å². The van der Waals surface area contributed by atoms with Crippen LogP contribution in [0.1, 0.15) is 47.5 Å². The summed E-state index contributed by atoms with van der Waals surface area (Å²) in [6.45, 7) is 12.9. The van der Waals surface area contributed by atoms with Gasteiger partial charge in [-0.3, -0.25) is 0 Å². The Bertz CT molecular complexity index is 872. The number of rotatable bonds is 5. The Labute approximate surface area is 192 Å². The number of likely N-dealkylation sites (tertiary alicyclic amines) is 1. The maximum atomic E-state index is 12.7. The number of morpholine rings is 1. The summed E-state index contributed by atoms with van der Waals surface area (Å²) in [6.07, 6.45) is 1.45. The van der Waals surface area contributed by atoms with Gasteiger partial charge in [-0.05, 0) is 63.8 Å². The van der Waals surface area contributed by atoms with Crippen LogP contribution in [0.2, 0.25) is 0 Å². The van der Waals surface area contributed by atoms with Gasteiger partial charge in [0.05, 0.1) is 17.5 Å². The summed E-state index contributed by atoms with van der Waals surface area (Å²) >= 11 is 0. The Morgan fingerprint density at radius 3 is 2.28 bits per heavy atom. The van der Waals surface area contributed by atoms with Crippen molar-refractivity contribution in [2.75, 3.05) is 43.0 Å². The molecule has 0 spiro atoms. The van der Waals surface area contributed by atoms with Crippen LogP contribution in [0.25, 0.3) is 0 Å².